The number of rotatable bonds is 4. The molecule has 0 spiro atoms. The Morgan fingerprint density at radius 3 is 2.56 bits per heavy atom. The average molecular weight is 241 g/mol. The van der Waals surface area contributed by atoms with Crippen LogP contribution in [0.5, 0.6) is 0 Å². The maximum Gasteiger partial charge on any atom is 0.129 e. The van der Waals surface area contributed by atoms with Gasteiger partial charge in [0.25, 0.3) is 0 Å². The van der Waals surface area contributed by atoms with Gasteiger partial charge >= 0.3 is 0 Å². The molecule has 0 aliphatic heterocycles. The van der Waals surface area contributed by atoms with Crippen molar-refractivity contribution in [1.29, 1.82) is 0 Å². The van der Waals surface area contributed by atoms with Gasteiger partial charge in [0.1, 0.15) is 5.15 Å². The Hall–Kier alpha value is -0.600. The summed E-state index contributed by atoms with van der Waals surface area (Å²) in [7, 11) is 0. The zero-order chi connectivity index (χ0) is 12.2. The molecule has 1 aromatic heterocycles. The highest BCUT2D eigenvalue weighted by Gasteiger charge is 2.11. The third-order valence-electron chi connectivity index (χ3n) is 2.58. The summed E-state index contributed by atoms with van der Waals surface area (Å²) in [5.41, 5.74) is 1.56. The Labute approximate surface area is 103 Å². The van der Waals surface area contributed by atoms with Crippen LogP contribution in [0, 0.1) is 5.41 Å². The van der Waals surface area contributed by atoms with E-state index in [1.807, 2.05) is 18.3 Å². The van der Waals surface area contributed by atoms with E-state index < -0.39 is 0 Å². The lowest BCUT2D eigenvalue weighted by molar-refractivity contribution is 0.358. The van der Waals surface area contributed by atoms with Gasteiger partial charge in [-0.05, 0) is 36.9 Å². The fourth-order valence-electron chi connectivity index (χ4n) is 1.42. The molecule has 0 aromatic carbocycles. The second-order valence-electron chi connectivity index (χ2n) is 5.40. The van der Waals surface area contributed by atoms with Crippen LogP contribution in [0.2, 0.25) is 5.15 Å². The molecule has 90 valence electrons. The summed E-state index contributed by atoms with van der Waals surface area (Å²) in [4.78, 5) is 4.08. The summed E-state index contributed by atoms with van der Waals surface area (Å²) in [5.74, 6) is 0. The first-order valence-corrected chi connectivity index (χ1v) is 6.11. The molecule has 0 aliphatic rings. The number of hydrogen-bond donors (Lipinski definition) is 1. The minimum absolute atomic E-state index is 0.326. The van der Waals surface area contributed by atoms with Crippen molar-refractivity contribution >= 4 is 11.6 Å². The van der Waals surface area contributed by atoms with Crippen molar-refractivity contribution in [3.05, 3.63) is 29.0 Å². The van der Waals surface area contributed by atoms with Crippen LogP contribution >= 0.6 is 11.6 Å². The van der Waals surface area contributed by atoms with Gasteiger partial charge in [0, 0.05) is 12.2 Å². The van der Waals surface area contributed by atoms with Crippen LogP contribution in [0.1, 0.15) is 45.7 Å². The van der Waals surface area contributed by atoms with Gasteiger partial charge in [0.15, 0.2) is 0 Å². The van der Waals surface area contributed by atoms with E-state index in [1.54, 1.807) is 0 Å². The van der Waals surface area contributed by atoms with Crippen molar-refractivity contribution in [2.24, 2.45) is 5.41 Å². The molecular formula is C13H21ClN2. The topological polar surface area (TPSA) is 24.9 Å². The van der Waals surface area contributed by atoms with Crippen molar-refractivity contribution < 1.29 is 0 Å². The Morgan fingerprint density at radius 1 is 1.38 bits per heavy atom. The summed E-state index contributed by atoms with van der Waals surface area (Å²) < 4.78 is 0. The van der Waals surface area contributed by atoms with Crippen LogP contribution in [0.3, 0.4) is 0 Å². The fraction of sp³-hybridized carbons (Fsp3) is 0.615. The van der Waals surface area contributed by atoms with E-state index in [9.17, 15) is 0 Å². The van der Waals surface area contributed by atoms with Crippen LogP contribution < -0.4 is 5.32 Å². The van der Waals surface area contributed by atoms with E-state index in [2.05, 4.69) is 38.0 Å². The monoisotopic (exact) mass is 240 g/mol. The third-order valence-corrected chi connectivity index (χ3v) is 2.80. The van der Waals surface area contributed by atoms with Gasteiger partial charge in [-0.15, -0.1) is 0 Å². The molecule has 1 atom stereocenters. The molecule has 1 aromatic rings. The first kappa shape index (κ1) is 13.5. The molecule has 2 nitrogen and oxygen atoms in total. The van der Waals surface area contributed by atoms with E-state index >= 15 is 0 Å². The molecule has 1 N–H and O–H groups in total. The maximum absolute atomic E-state index is 5.75. The van der Waals surface area contributed by atoms with Crippen molar-refractivity contribution in [1.82, 2.24) is 10.3 Å². The maximum atomic E-state index is 5.75. The normalized spacial score (nSPS) is 13.8. The van der Waals surface area contributed by atoms with Gasteiger partial charge in [-0.3, -0.25) is 0 Å². The molecule has 0 saturated heterocycles. The second-order valence-corrected chi connectivity index (χ2v) is 5.79. The summed E-state index contributed by atoms with van der Waals surface area (Å²) in [6.45, 7) is 9.93. The fourth-order valence-corrected chi connectivity index (χ4v) is 1.54. The van der Waals surface area contributed by atoms with Gasteiger partial charge < -0.3 is 5.32 Å². The number of nitrogens with zero attached hydrogens (tertiary/aromatic N) is 1. The Bertz CT molecular complexity index is 314. The summed E-state index contributed by atoms with van der Waals surface area (Å²) in [5, 5.41) is 4.04. The van der Waals surface area contributed by atoms with E-state index in [4.69, 9.17) is 11.6 Å². The van der Waals surface area contributed by atoms with Crippen molar-refractivity contribution in [2.45, 2.75) is 40.2 Å². The number of nitrogens with one attached hydrogen (secondary N) is 1. The van der Waals surface area contributed by atoms with Crippen molar-refractivity contribution in [3.63, 3.8) is 0 Å². The lowest BCUT2D eigenvalue weighted by Crippen LogP contribution is -2.23. The van der Waals surface area contributed by atoms with Gasteiger partial charge in [-0.25, -0.2) is 4.98 Å². The predicted molar refractivity (Wildman–Crippen MR) is 69.7 cm³/mol. The minimum atomic E-state index is 0.326. The molecule has 0 radical (unpaired) electrons. The van der Waals surface area contributed by atoms with Crippen molar-refractivity contribution in [3.8, 4) is 0 Å². The zero-order valence-electron chi connectivity index (χ0n) is 10.5. The number of aromatic nitrogens is 1. The van der Waals surface area contributed by atoms with E-state index in [-0.39, 0.29) is 0 Å². The molecule has 0 saturated carbocycles. The quantitative estimate of drug-likeness (QED) is 0.810. The third kappa shape index (κ3) is 4.95. The Balaban J connectivity index is 2.41. The lowest BCUT2D eigenvalue weighted by Gasteiger charge is -2.20. The molecular weight excluding hydrogens is 220 g/mol. The van der Waals surface area contributed by atoms with Crippen molar-refractivity contribution in [2.75, 3.05) is 6.54 Å². The molecule has 0 bridgehead atoms. The van der Waals surface area contributed by atoms with E-state index in [0.717, 1.165) is 6.54 Å². The van der Waals surface area contributed by atoms with Crippen LogP contribution in [-0.2, 0) is 0 Å². The molecule has 1 unspecified atom stereocenters. The molecule has 0 aliphatic carbocycles. The largest absolute Gasteiger partial charge is 0.310 e. The van der Waals surface area contributed by atoms with E-state index in [1.165, 1.54) is 12.0 Å². The standard InChI is InChI=1S/C13H21ClN2/c1-10(15-8-7-13(2,3)4)11-5-6-12(14)16-9-11/h5-6,9-10,15H,7-8H2,1-4H3. The molecule has 1 heterocycles. The van der Waals surface area contributed by atoms with Crippen LogP contribution in [0.15, 0.2) is 18.3 Å². The number of hydrogen-bond acceptors (Lipinski definition) is 2. The smallest absolute Gasteiger partial charge is 0.129 e. The van der Waals surface area contributed by atoms with Crippen LogP contribution in [-0.4, -0.2) is 11.5 Å². The van der Waals surface area contributed by atoms with Gasteiger partial charge in [0.05, 0.1) is 0 Å². The lowest BCUT2D eigenvalue weighted by atomic mass is 9.92. The highest BCUT2D eigenvalue weighted by atomic mass is 35.5. The molecule has 0 amide bonds. The molecule has 3 heteroatoms. The highest BCUT2D eigenvalue weighted by molar-refractivity contribution is 6.29. The average Bonchev–Trinajstić information content (AvgIpc) is 2.16. The summed E-state index contributed by atoms with van der Waals surface area (Å²) in [6, 6.07) is 4.18. The number of pyridine rings is 1. The van der Waals surface area contributed by atoms with Gasteiger partial charge in [0.2, 0.25) is 0 Å². The molecule has 16 heavy (non-hydrogen) atoms. The Kier molecular flexibility index (Phi) is 4.75. The first-order chi connectivity index (χ1) is 7.38. The zero-order valence-corrected chi connectivity index (χ0v) is 11.3. The second kappa shape index (κ2) is 5.65. The van der Waals surface area contributed by atoms with Gasteiger partial charge in [-0.2, -0.15) is 0 Å². The van der Waals surface area contributed by atoms with Crippen LogP contribution in [0.25, 0.3) is 0 Å². The molecule has 0 fully saturated rings. The Morgan fingerprint density at radius 2 is 2.06 bits per heavy atom. The molecule has 1 rings (SSSR count). The minimum Gasteiger partial charge on any atom is -0.310 e. The predicted octanol–water partition coefficient (Wildman–Crippen LogP) is 3.82. The summed E-state index contributed by atoms with van der Waals surface area (Å²) in [6.07, 6.45) is 3.00. The SMILES string of the molecule is CC(NCCC(C)(C)C)c1ccc(Cl)nc1. The summed E-state index contributed by atoms with van der Waals surface area (Å²) >= 11 is 5.75. The van der Waals surface area contributed by atoms with Crippen LogP contribution in [0.4, 0.5) is 0 Å². The highest BCUT2D eigenvalue weighted by Crippen LogP contribution is 2.18. The van der Waals surface area contributed by atoms with Gasteiger partial charge in [-0.1, -0.05) is 38.4 Å². The van der Waals surface area contributed by atoms with E-state index in [0.29, 0.717) is 16.6 Å². The number of halogens is 1. The first-order valence-electron chi connectivity index (χ1n) is 5.73.